The van der Waals surface area contributed by atoms with Crippen molar-refractivity contribution in [3.05, 3.63) is 77.9 Å². The van der Waals surface area contributed by atoms with Crippen LogP contribution in [0.25, 0.3) is 6.08 Å². The number of rotatable bonds is 9. The van der Waals surface area contributed by atoms with E-state index in [0.717, 1.165) is 12.5 Å². The first-order valence-electron chi connectivity index (χ1n) is 9.96. The number of piperidine rings is 1. The molecular weight excluding hydrogens is 318 g/mol. The first-order valence-corrected chi connectivity index (χ1v) is 9.96. The Morgan fingerprint density at radius 2 is 1.62 bits per heavy atom. The number of aryl methyl sites for hydroxylation is 1. The maximum atomic E-state index is 5.86. The third kappa shape index (κ3) is 6.78. The molecule has 1 fully saturated rings. The van der Waals surface area contributed by atoms with Crippen LogP contribution in [0.3, 0.4) is 0 Å². The highest BCUT2D eigenvalue weighted by Gasteiger charge is 2.18. The molecule has 26 heavy (non-hydrogen) atoms. The van der Waals surface area contributed by atoms with E-state index in [-0.39, 0.29) is 0 Å². The van der Waals surface area contributed by atoms with Crippen LogP contribution in [-0.2, 0) is 11.2 Å². The lowest BCUT2D eigenvalue weighted by Crippen LogP contribution is -2.35. The van der Waals surface area contributed by atoms with E-state index in [1.54, 1.807) is 0 Å². The zero-order valence-electron chi connectivity index (χ0n) is 15.7. The Kier molecular flexibility index (Phi) is 7.95. The van der Waals surface area contributed by atoms with Crippen LogP contribution >= 0.6 is 0 Å². The highest BCUT2D eigenvalue weighted by Crippen LogP contribution is 2.18. The van der Waals surface area contributed by atoms with E-state index >= 15 is 0 Å². The van der Waals surface area contributed by atoms with Crippen molar-refractivity contribution in [3.63, 3.8) is 0 Å². The molecule has 1 saturated heterocycles. The van der Waals surface area contributed by atoms with Crippen molar-refractivity contribution < 1.29 is 4.74 Å². The molecule has 1 aliphatic rings. The van der Waals surface area contributed by atoms with Crippen molar-refractivity contribution in [1.29, 1.82) is 0 Å². The summed E-state index contributed by atoms with van der Waals surface area (Å²) in [6, 6.07) is 21.2. The van der Waals surface area contributed by atoms with Gasteiger partial charge in [-0.05, 0) is 62.4 Å². The third-order valence-electron chi connectivity index (χ3n) is 5.17. The van der Waals surface area contributed by atoms with Crippen molar-refractivity contribution >= 4 is 6.08 Å². The molecule has 0 aromatic heterocycles. The molecule has 0 bridgehead atoms. The smallest absolute Gasteiger partial charge is 0.0650 e. The minimum atomic E-state index is 0.714. The van der Waals surface area contributed by atoms with E-state index in [9.17, 15) is 0 Å². The Balaban J connectivity index is 1.24. The summed E-state index contributed by atoms with van der Waals surface area (Å²) in [6.07, 6.45) is 9.25. The first kappa shape index (κ1) is 18.9. The molecule has 0 spiro atoms. The number of likely N-dealkylation sites (tertiary alicyclic amines) is 1. The molecule has 0 atom stereocenters. The number of nitrogens with zero attached hydrogens (tertiary/aromatic N) is 1. The molecule has 0 N–H and O–H groups in total. The van der Waals surface area contributed by atoms with Crippen LogP contribution in [0.2, 0.25) is 0 Å². The van der Waals surface area contributed by atoms with Gasteiger partial charge in [0.2, 0.25) is 0 Å². The first-order chi connectivity index (χ1) is 12.9. The van der Waals surface area contributed by atoms with Crippen LogP contribution in [-0.4, -0.2) is 37.7 Å². The maximum absolute atomic E-state index is 5.86. The Bertz CT molecular complexity index is 630. The topological polar surface area (TPSA) is 12.5 Å². The largest absolute Gasteiger partial charge is 0.377 e. The van der Waals surface area contributed by atoms with Crippen molar-refractivity contribution in [1.82, 2.24) is 4.90 Å². The average molecular weight is 350 g/mol. The Labute approximate surface area is 158 Å². The second-order valence-electron chi connectivity index (χ2n) is 7.22. The molecule has 1 heterocycles. The predicted octanol–water partition coefficient (Wildman–Crippen LogP) is 5.06. The van der Waals surface area contributed by atoms with E-state index < -0.39 is 0 Å². The summed E-state index contributed by atoms with van der Waals surface area (Å²) in [5, 5.41) is 0. The third-order valence-corrected chi connectivity index (χ3v) is 5.17. The van der Waals surface area contributed by atoms with E-state index in [1.165, 1.54) is 56.4 Å². The lowest BCUT2D eigenvalue weighted by Gasteiger charge is -2.31. The average Bonchev–Trinajstić information content (AvgIpc) is 2.70. The van der Waals surface area contributed by atoms with Crippen LogP contribution in [0.15, 0.2) is 66.7 Å². The van der Waals surface area contributed by atoms with Gasteiger partial charge in [-0.15, -0.1) is 0 Å². The summed E-state index contributed by atoms with van der Waals surface area (Å²) in [7, 11) is 0. The number of hydrogen-bond acceptors (Lipinski definition) is 2. The monoisotopic (exact) mass is 349 g/mol. The summed E-state index contributed by atoms with van der Waals surface area (Å²) in [5.74, 6) is 0.727. The van der Waals surface area contributed by atoms with Crippen LogP contribution in [0.4, 0.5) is 0 Å². The van der Waals surface area contributed by atoms with E-state index in [1.807, 2.05) is 6.07 Å². The van der Waals surface area contributed by atoms with E-state index in [4.69, 9.17) is 4.74 Å². The Morgan fingerprint density at radius 1 is 0.923 bits per heavy atom. The van der Waals surface area contributed by atoms with E-state index in [0.29, 0.717) is 6.61 Å². The van der Waals surface area contributed by atoms with Gasteiger partial charge in [0.1, 0.15) is 0 Å². The summed E-state index contributed by atoms with van der Waals surface area (Å²) in [4.78, 5) is 2.62. The second-order valence-corrected chi connectivity index (χ2v) is 7.22. The van der Waals surface area contributed by atoms with Crippen LogP contribution < -0.4 is 0 Å². The maximum Gasteiger partial charge on any atom is 0.0650 e. The fourth-order valence-electron chi connectivity index (χ4n) is 3.58. The standard InChI is InChI=1S/C24H31NO/c1-3-9-22(10-4-1)13-7-17-25-18-15-24(16-19-25)21-26-20-8-14-23-11-5-2-6-12-23/h1-6,8-12,14,24H,7,13,15-21H2. The zero-order chi connectivity index (χ0) is 17.9. The van der Waals surface area contributed by atoms with Crippen molar-refractivity contribution in [3.8, 4) is 0 Å². The van der Waals surface area contributed by atoms with E-state index in [2.05, 4.69) is 71.6 Å². The molecule has 2 nitrogen and oxygen atoms in total. The Morgan fingerprint density at radius 3 is 2.35 bits per heavy atom. The normalized spacial score (nSPS) is 16.3. The van der Waals surface area contributed by atoms with Gasteiger partial charge in [0.05, 0.1) is 6.61 Å². The van der Waals surface area contributed by atoms with Crippen molar-refractivity contribution in [2.24, 2.45) is 5.92 Å². The highest BCUT2D eigenvalue weighted by molar-refractivity contribution is 5.48. The molecule has 0 saturated carbocycles. The number of ether oxygens (including phenoxy) is 1. The SMILES string of the molecule is C(=Cc1ccccc1)COCC1CCN(CCCc2ccccc2)CC1. The minimum absolute atomic E-state index is 0.714. The zero-order valence-corrected chi connectivity index (χ0v) is 15.7. The van der Waals surface area contributed by atoms with Gasteiger partial charge in [-0.25, -0.2) is 0 Å². The quantitative estimate of drug-likeness (QED) is 0.587. The molecule has 0 amide bonds. The number of benzene rings is 2. The van der Waals surface area contributed by atoms with Gasteiger partial charge >= 0.3 is 0 Å². The Hall–Kier alpha value is -1.90. The van der Waals surface area contributed by atoms with Gasteiger partial charge in [-0.1, -0.05) is 72.8 Å². The van der Waals surface area contributed by atoms with Crippen molar-refractivity contribution in [2.45, 2.75) is 25.7 Å². The van der Waals surface area contributed by atoms with Gasteiger partial charge in [0, 0.05) is 6.61 Å². The van der Waals surface area contributed by atoms with Gasteiger partial charge in [0.25, 0.3) is 0 Å². The van der Waals surface area contributed by atoms with Gasteiger partial charge in [0.15, 0.2) is 0 Å². The fraction of sp³-hybridized carbons (Fsp3) is 0.417. The molecule has 0 radical (unpaired) electrons. The van der Waals surface area contributed by atoms with Gasteiger partial charge < -0.3 is 9.64 Å². The number of hydrogen-bond donors (Lipinski definition) is 0. The molecule has 138 valence electrons. The van der Waals surface area contributed by atoms with Crippen LogP contribution in [0.1, 0.15) is 30.4 Å². The highest BCUT2D eigenvalue weighted by atomic mass is 16.5. The molecule has 3 rings (SSSR count). The fourth-order valence-corrected chi connectivity index (χ4v) is 3.58. The molecular formula is C24H31NO. The lowest BCUT2D eigenvalue weighted by molar-refractivity contribution is 0.0819. The summed E-state index contributed by atoms with van der Waals surface area (Å²) < 4.78 is 5.86. The van der Waals surface area contributed by atoms with Crippen molar-refractivity contribution in [2.75, 3.05) is 32.8 Å². The van der Waals surface area contributed by atoms with Crippen LogP contribution in [0.5, 0.6) is 0 Å². The molecule has 2 aromatic carbocycles. The molecule has 1 aliphatic heterocycles. The summed E-state index contributed by atoms with van der Waals surface area (Å²) in [6.45, 7) is 5.29. The lowest BCUT2D eigenvalue weighted by atomic mass is 9.97. The molecule has 0 aliphatic carbocycles. The molecule has 0 unspecified atom stereocenters. The summed E-state index contributed by atoms with van der Waals surface area (Å²) >= 11 is 0. The summed E-state index contributed by atoms with van der Waals surface area (Å²) in [5.41, 5.74) is 2.69. The molecule has 2 heteroatoms. The minimum Gasteiger partial charge on any atom is -0.377 e. The molecule has 2 aromatic rings. The second kappa shape index (κ2) is 10.9. The van der Waals surface area contributed by atoms with Crippen LogP contribution in [0, 0.1) is 5.92 Å². The predicted molar refractivity (Wildman–Crippen MR) is 110 cm³/mol. The van der Waals surface area contributed by atoms with Gasteiger partial charge in [-0.2, -0.15) is 0 Å². The van der Waals surface area contributed by atoms with Gasteiger partial charge in [-0.3, -0.25) is 0 Å².